The number of phenols is 1. The first-order valence-electron chi connectivity index (χ1n) is 8.80. The quantitative estimate of drug-likeness (QED) is 0.596. The highest BCUT2D eigenvalue weighted by molar-refractivity contribution is 5.83. The van der Waals surface area contributed by atoms with E-state index in [1.807, 2.05) is 48.3 Å². The number of rotatable bonds is 2. The van der Waals surface area contributed by atoms with Crippen LogP contribution in [-0.2, 0) is 19.9 Å². The molecule has 1 aliphatic rings. The Morgan fingerprint density at radius 1 is 1.08 bits per heavy atom. The van der Waals surface area contributed by atoms with Crippen molar-refractivity contribution >= 4 is 10.9 Å². The van der Waals surface area contributed by atoms with Gasteiger partial charge in [0.05, 0.1) is 17.3 Å². The Morgan fingerprint density at radius 3 is 2.73 bits per heavy atom. The maximum atomic E-state index is 10.4. The summed E-state index contributed by atoms with van der Waals surface area (Å²) in [5, 5.41) is 19.8. The van der Waals surface area contributed by atoms with Gasteiger partial charge in [0.25, 0.3) is 5.89 Å². The third-order valence-electron chi connectivity index (χ3n) is 5.12. The van der Waals surface area contributed by atoms with Crippen LogP contribution >= 0.6 is 0 Å². The summed E-state index contributed by atoms with van der Waals surface area (Å²) in [6.07, 6.45) is 6.22. The molecule has 1 aliphatic carbocycles. The third-order valence-corrected chi connectivity index (χ3v) is 5.12. The molecule has 0 fully saturated rings. The van der Waals surface area contributed by atoms with E-state index in [0.717, 1.165) is 29.3 Å². The number of hydrogen-bond acceptors (Lipinski definition) is 5. The van der Waals surface area contributed by atoms with Crippen LogP contribution in [-0.4, -0.2) is 25.0 Å². The molecule has 0 unspecified atom stereocenters. The average Bonchev–Trinajstić information content (AvgIpc) is 3.28. The minimum Gasteiger partial charge on any atom is -0.507 e. The first kappa shape index (κ1) is 15.1. The summed E-state index contributed by atoms with van der Waals surface area (Å²) in [7, 11) is 1.90. The van der Waals surface area contributed by atoms with Gasteiger partial charge in [-0.1, -0.05) is 17.3 Å². The summed E-state index contributed by atoms with van der Waals surface area (Å²) in [5.74, 6) is 1.04. The van der Waals surface area contributed by atoms with Crippen molar-refractivity contribution in [1.29, 1.82) is 0 Å². The van der Waals surface area contributed by atoms with E-state index in [1.54, 1.807) is 0 Å². The number of aromatic nitrogens is 4. The Kier molecular flexibility index (Phi) is 3.31. The van der Waals surface area contributed by atoms with Crippen molar-refractivity contribution < 1.29 is 9.63 Å². The molecule has 6 nitrogen and oxygen atoms in total. The Balaban J connectivity index is 1.56. The fourth-order valence-corrected chi connectivity index (χ4v) is 3.68. The standard InChI is InChI=1S/C20H18N4O2/c1-24-17-9-14(6-7-15(17)11-21-24)19-22-20(26-23-19)16-8-12-4-2-3-5-13(12)10-18(16)25/h6-11,25H,2-5H2,1H3. The molecule has 4 aromatic rings. The molecule has 0 saturated carbocycles. The number of fused-ring (bicyclic) bond motifs is 2. The van der Waals surface area contributed by atoms with Crippen molar-refractivity contribution in [1.82, 2.24) is 19.9 Å². The van der Waals surface area contributed by atoms with Crippen molar-refractivity contribution in [3.63, 3.8) is 0 Å². The zero-order chi connectivity index (χ0) is 17.7. The Bertz CT molecular complexity index is 1130. The van der Waals surface area contributed by atoms with E-state index in [0.29, 0.717) is 17.3 Å². The molecule has 2 heterocycles. The molecule has 0 bridgehead atoms. The van der Waals surface area contributed by atoms with Gasteiger partial charge in [0, 0.05) is 18.0 Å². The zero-order valence-corrected chi connectivity index (χ0v) is 14.4. The molecule has 0 amide bonds. The van der Waals surface area contributed by atoms with E-state index in [4.69, 9.17) is 4.52 Å². The SMILES string of the molecule is Cn1ncc2ccc(-c3noc(-c4cc5c(cc4O)CCCC5)n3)cc21. The topological polar surface area (TPSA) is 77.0 Å². The predicted molar refractivity (Wildman–Crippen MR) is 97.7 cm³/mol. The molecule has 0 radical (unpaired) electrons. The second kappa shape index (κ2) is 5.69. The van der Waals surface area contributed by atoms with Crippen molar-refractivity contribution in [2.45, 2.75) is 25.7 Å². The third kappa shape index (κ3) is 2.37. The van der Waals surface area contributed by atoms with E-state index in [2.05, 4.69) is 15.2 Å². The molecule has 2 aromatic heterocycles. The van der Waals surface area contributed by atoms with Gasteiger partial charge in [-0.15, -0.1) is 0 Å². The second-order valence-electron chi connectivity index (χ2n) is 6.81. The number of nitrogens with zero attached hydrogens (tertiary/aromatic N) is 4. The van der Waals surface area contributed by atoms with Gasteiger partial charge in [0.15, 0.2) is 0 Å². The summed E-state index contributed by atoms with van der Waals surface area (Å²) < 4.78 is 7.27. The van der Waals surface area contributed by atoms with Gasteiger partial charge in [-0.2, -0.15) is 10.1 Å². The number of hydrogen-bond donors (Lipinski definition) is 1. The molecular formula is C20H18N4O2. The molecule has 130 valence electrons. The van der Waals surface area contributed by atoms with Crippen LogP contribution in [0.25, 0.3) is 33.7 Å². The lowest BCUT2D eigenvalue weighted by Crippen LogP contribution is -2.02. The van der Waals surface area contributed by atoms with Crippen LogP contribution in [0.3, 0.4) is 0 Å². The van der Waals surface area contributed by atoms with Gasteiger partial charge >= 0.3 is 0 Å². The second-order valence-corrected chi connectivity index (χ2v) is 6.81. The van der Waals surface area contributed by atoms with Gasteiger partial charge in [-0.05, 0) is 55.0 Å². The summed E-state index contributed by atoms with van der Waals surface area (Å²) >= 11 is 0. The fraction of sp³-hybridized carbons (Fsp3) is 0.250. The molecule has 0 atom stereocenters. The summed E-state index contributed by atoms with van der Waals surface area (Å²) in [6.45, 7) is 0. The first-order chi connectivity index (χ1) is 12.7. The molecule has 0 spiro atoms. The van der Waals surface area contributed by atoms with Crippen molar-refractivity contribution in [3.05, 3.63) is 47.7 Å². The van der Waals surface area contributed by atoms with Crippen LogP contribution in [0, 0.1) is 0 Å². The molecule has 26 heavy (non-hydrogen) atoms. The van der Waals surface area contributed by atoms with Crippen LogP contribution in [0.5, 0.6) is 5.75 Å². The Labute approximate surface area is 150 Å². The highest BCUT2D eigenvalue weighted by Crippen LogP contribution is 2.35. The van der Waals surface area contributed by atoms with E-state index in [-0.39, 0.29) is 5.75 Å². The lowest BCUT2D eigenvalue weighted by molar-refractivity contribution is 0.425. The molecular weight excluding hydrogens is 328 g/mol. The lowest BCUT2D eigenvalue weighted by Gasteiger charge is -2.16. The highest BCUT2D eigenvalue weighted by Gasteiger charge is 2.19. The fourth-order valence-electron chi connectivity index (χ4n) is 3.68. The van der Waals surface area contributed by atoms with Gasteiger partial charge in [-0.3, -0.25) is 4.68 Å². The molecule has 2 aromatic carbocycles. The number of phenolic OH excluding ortho intramolecular Hbond substituents is 1. The summed E-state index contributed by atoms with van der Waals surface area (Å²) in [4.78, 5) is 4.51. The van der Waals surface area contributed by atoms with E-state index in [9.17, 15) is 5.11 Å². The van der Waals surface area contributed by atoms with Gasteiger partial charge in [0.1, 0.15) is 5.75 Å². The largest absolute Gasteiger partial charge is 0.507 e. The summed E-state index contributed by atoms with van der Waals surface area (Å²) in [6, 6.07) is 9.76. The number of aromatic hydroxyl groups is 1. The minimum absolute atomic E-state index is 0.197. The molecule has 1 N–H and O–H groups in total. The predicted octanol–water partition coefficient (Wildman–Crippen LogP) is 3.87. The van der Waals surface area contributed by atoms with Crippen molar-refractivity contribution in [2.24, 2.45) is 7.05 Å². The van der Waals surface area contributed by atoms with Crippen LogP contribution in [0.2, 0.25) is 0 Å². The maximum absolute atomic E-state index is 10.4. The molecule has 5 rings (SSSR count). The lowest BCUT2D eigenvalue weighted by atomic mass is 9.90. The van der Waals surface area contributed by atoms with Crippen LogP contribution in [0.1, 0.15) is 24.0 Å². The molecule has 0 saturated heterocycles. The molecule has 0 aliphatic heterocycles. The van der Waals surface area contributed by atoms with E-state index < -0.39 is 0 Å². The van der Waals surface area contributed by atoms with Crippen molar-refractivity contribution in [2.75, 3.05) is 0 Å². The first-order valence-corrected chi connectivity index (χ1v) is 8.80. The Morgan fingerprint density at radius 2 is 1.88 bits per heavy atom. The minimum atomic E-state index is 0.197. The van der Waals surface area contributed by atoms with Crippen LogP contribution in [0.15, 0.2) is 41.1 Å². The highest BCUT2D eigenvalue weighted by atomic mass is 16.5. The number of aryl methyl sites for hydroxylation is 3. The average molecular weight is 346 g/mol. The zero-order valence-electron chi connectivity index (χ0n) is 14.4. The van der Waals surface area contributed by atoms with Gasteiger partial charge in [0.2, 0.25) is 5.82 Å². The number of benzene rings is 2. The normalized spacial score (nSPS) is 13.9. The van der Waals surface area contributed by atoms with E-state index >= 15 is 0 Å². The van der Waals surface area contributed by atoms with Crippen molar-refractivity contribution in [3.8, 4) is 28.6 Å². The summed E-state index contributed by atoms with van der Waals surface area (Å²) in [5.41, 5.74) is 4.95. The van der Waals surface area contributed by atoms with Crippen LogP contribution in [0.4, 0.5) is 0 Å². The van der Waals surface area contributed by atoms with Gasteiger partial charge < -0.3 is 9.63 Å². The van der Waals surface area contributed by atoms with Gasteiger partial charge in [-0.25, -0.2) is 0 Å². The molecule has 6 heteroatoms. The smallest absolute Gasteiger partial charge is 0.262 e. The Hall–Kier alpha value is -3.15. The maximum Gasteiger partial charge on any atom is 0.262 e. The monoisotopic (exact) mass is 346 g/mol. The van der Waals surface area contributed by atoms with E-state index in [1.165, 1.54) is 24.0 Å². The van der Waals surface area contributed by atoms with Crippen LogP contribution < -0.4 is 0 Å².